The van der Waals surface area contributed by atoms with E-state index in [-0.39, 0.29) is 5.97 Å². The molecule has 0 saturated carbocycles. The molecule has 96 valence electrons. The zero-order valence-corrected chi connectivity index (χ0v) is 11.3. The number of hydrogen-bond donors (Lipinski definition) is 1. The van der Waals surface area contributed by atoms with Gasteiger partial charge in [0.15, 0.2) is 0 Å². The fraction of sp³-hybridized carbons (Fsp3) is 0.643. The van der Waals surface area contributed by atoms with Crippen molar-refractivity contribution in [3.63, 3.8) is 0 Å². The van der Waals surface area contributed by atoms with E-state index >= 15 is 0 Å². The Balaban J connectivity index is 3.04. The minimum Gasteiger partial charge on any atom is -0.451 e. The van der Waals surface area contributed by atoms with Crippen molar-refractivity contribution >= 4 is 5.97 Å². The molecule has 0 radical (unpaired) electrons. The molecule has 1 atom stereocenters. The first-order valence-electron chi connectivity index (χ1n) is 6.37. The lowest BCUT2D eigenvalue weighted by Crippen LogP contribution is -2.34. The minimum absolute atomic E-state index is 0.168. The Morgan fingerprint density at radius 3 is 2.65 bits per heavy atom. The first kappa shape index (κ1) is 14.0. The largest absolute Gasteiger partial charge is 0.451 e. The molecule has 0 aromatic heterocycles. The average Bonchev–Trinajstić information content (AvgIpc) is 2.57. The summed E-state index contributed by atoms with van der Waals surface area (Å²) in [6, 6.07) is 0. The van der Waals surface area contributed by atoms with Gasteiger partial charge in [0.25, 0.3) is 0 Å². The van der Waals surface area contributed by atoms with Gasteiger partial charge in [-0.1, -0.05) is 26.0 Å². The standard InChI is InChI=1S/C14H23NO2/c1-5-7-8-12-11(3)13(16)17-14(12,6-2)9-10-15-4/h7-8,15H,5-6,9-10H2,1-4H3/b8-7-. The maximum absolute atomic E-state index is 11.8. The van der Waals surface area contributed by atoms with Gasteiger partial charge in [-0.25, -0.2) is 4.79 Å². The Morgan fingerprint density at radius 2 is 2.12 bits per heavy atom. The van der Waals surface area contributed by atoms with E-state index in [1.165, 1.54) is 0 Å². The molecule has 0 spiro atoms. The summed E-state index contributed by atoms with van der Waals surface area (Å²) in [5.74, 6) is -0.168. The normalized spacial score (nSPS) is 24.8. The smallest absolute Gasteiger partial charge is 0.335 e. The second-order valence-electron chi connectivity index (χ2n) is 4.44. The summed E-state index contributed by atoms with van der Waals surface area (Å²) in [5.41, 5.74) is 1.39. The highest BCUT2D eigenvalue weighted by Gasteiger charge is 2.42. The second kappa shape index (κ2) is 6.01. The van der Waals surface area contributed by atoms with Gasteiger partial charge in [0.2, 0.25) is 0 Å². The highest BCUT2D eigenvalue weighted by molar-refractivity contribution is 5.93. The number of allylic oxidation sites excluding steroid dienone is 1. The molecule has 0 amide bonds. The van der Waals surface area contributed by atoms with E-state index in [0.717, 1.165) is 37.0 Å². The monoisotopic (exact) mass is 237 g/mol. The van der Waals surface area contributed by atoms with Gasteiger partial charge in [-0.15, -0.1) is 0 Å². The van der Waals surface area contributed by atoms with Crippen molar-refractivity contribution in [1.29, 1.82) is 0 Å². The van der Waals surface area contributed by atoms with E-state index in [1.807, 2.05) is 14.0 Å². The number of nitrogens with one attached hydrogen (secondary N) is 1. The van der Waals surface area contributed by atoms with Crippen LogP contribution in [-0.2, 0) is 9.53 Å². The summed E-state index contributed by atoms with van der Waals surface area (Å²) < 4.78 is 5.62. The number of cyclic esters (lactones) is 1. The summed E-state index contributed by atoms with van der Waals surface area (Å²) in [7, 11) is 1.91. The van der Waals surface area contributed by atoms with E-state index in [4.69, 9.17) is 4.74 Å². The predicted octanol–water partition coefficient (Wildman–Crippen LogP) is 2.58. The number of hydrogen-bond acceptors (Lipinski definition) is 3. The van der Waals surface area contributed by atoms with Gasteiger partial charge in [0.1, 0.15) is 5.60 Å². The van der Waals surface area contributed by atoms with E-state index in [1.54, 1.807) is 0 Å². The summed E-state index contributed by atoms with van der Waals surface area (Å²) in [4.78, 5) is 11.8. The van der Waals surface area contributed by atoms with Crippen molar-refractivity contribution in [2.45, 2.75) is 45.6 Å². The van der Waals surface area contributed by atoms with Gasteiger partial charge in [0.05, 0.1) is 0 Å². The molecule has 1 aliphatic rings. The number of carbonyl (C=O) groups is 1. The van der Waals surface area contributed by atoms with Gasteiger partial charge >= 0.3 is 5.97 Å². The van der Waals surface area contributed by atoms with Crippen LogP contribution < -0.4 is 5.32 Å². The van der Waals surface area contributed by atoms with E-state index < -0.39 is 5.60 Å². The Hall–Kier alpha value is -1.09. The SMILES string of the molecule is CC/C=C\C1=C(C)C(=O)OC1(CC)CCNC. The first-order valence-corrected chi connectivity index (χ1v) is 6.37. The third-order valence-corrected chi connectivity index (χ3v) is 3.36. The molecular formula is C14H23NO2. The van der Waals surface area contributed by atoms with Crippen LogP contribution in [-0.4, -0.2) is 25.2 Å². The summed E-state index contributed by atoms with van der Waals surface area (Å²) in [6.07, 6.45) is 6.76. The van der Waals surface area contributed by atoms with Gasteiger partial charge in [-0.2, -0.15) is 0 Å². The van der Waals surface area contributed by atoms with E-state index in [2.05, 4.69) is 31.3 Å². The van der Waals surface area contributed by atoms with E-state index in [9.17, 15) is 4.79 Å². The molecule has 0 aliphatic carbocycles. The van der Waals surface area contributed by atoms with Gasteiger partial charge in [-0.3, -0.25) is 0 Å². The van der Waals surface area contributed by atoms with Gasteiger partial charge in [0, 0.05) is 17.6 Å². The molecule has 3 heteroatoms. The van der Waals surface area contributed by atoms with Crippen molar-refractivity contribution in [2.24, 2.45) is 0 Å². The summed E-state index contributed by atoms with van der Waals surface area (Å²) >= 11 is 0. The predicted molar refractivity (Wildman–Crippen MR) is 69.8 cm³/mol. The fourth-order valence-corrected chi connectivity index (χ4v) is 2.23. The highest BCUT2D eigenvalue weighted by Crippen LogP contribution is 2.38. The quantitative estimate of drug-likeness (QED) is 0.722. The number of carbonyl (C=O) groups excluding carboxylic acids is 1. The molecule has 0 aromatic rings. The van der Waals surface area contributed by atoms with Crippen LogP contribution in [0.15, 0.2) is 23.3 Å². The van der Waals surface area contributed by atoms with Crippen molar-refractivity contribution in [3.05, 3.63) is 23.3 Å². The van der Waals surface area contributed by atoms with E-state index in [0.29, 0.717) is 0 Å². The van der Waals surface area contributed by atoms with Crippen molar-refractivity contribution in [1.82, 2.24) is 5.32 Å². The fourth-order valence-electron chi connectivity index (χ4n) is 2.23. The van der Waals surface area contributed by atoms with Crippen molar-refractivity contribution < 1.29 is 9.53 Å². The third kappa shape index (κ3) is 2.78. The van der Waals surface area contributed by atoms with Crippen LogP contribution in [0.2, 0.25) is 0 Å². The topological polar surface area (TPSA) is 38.3 Å². The minimum atomic E-state index is -0.421. The maximum atomic E-state index is 11.8. The molecule has 1 unspecified atom stereocenters. The number of rotatable bonds is 6. The lowest BCUT2D eigenvalue weighted by molar-refractivity contribution is -0.147. The Morgan fingerprint density at radius 1 is 1.41 bits per heavy atom. The summed E-state index contributed by atoms with van der Waals surface area (Å²) in [5, 5.41) is 3.12. The lowest BCUT2D eigenvalue weighted by atomic mass is 9.86. The Labute approximate surface area is 104 Å². The molecule has 0 saturated heterocycles. The van der Waals surface area contributed by atoms with Crippen LogP contribution >= 0.6 is 0 Å². The molecule has 1 rings (SSSR count). The second-order valence-corrected chi connectivity index (χ2v) is 4.44. The van der Waals surface area contributed by atoms with Crippen LogP contribution in [0.25, 0.3) is 0 Å². The Kier molecular flexibility index (Phi) is 4.94. The van der Waals surface area contributed by atoms with Crippen LogP contribution in [0.3, 0.4) is 0 Å². The zero-order valence-electron chi connectivity index (χ0n) is 11.3. The maximum Gasteiger partial charge on any atom is 0.335 e. The van der Waals surface area contributed by atoms with Crippen LogP contribution in [0.5, 0.6) is 0 Å². The Bertz CT molecular complexity index is 344. The lowest BCUT2D eigenvalue weighted by Gasteiger charge is -2.28. The first-order chi connectivity index (χ1) is 8.11. The number of ether oxygens (including phenoxy) is 1. The molecule has 3 nitrogen and oxygen atoms in total. The molecule has 1 N–H and O–H groups in total. The molecular weight excluding hydrogens is 214 g/mol. The average molecular weight is 237 g/mol. The molecule has 0 fully saturated rings. The third-order valence-electron chi connectivity index (χ3n) is 3.36. The van der Waals surface area contributed by atoms with Crippen molar-refractivity contribution in [3.8, 4) is 0 Å². The molecule has 1 aliphatic heterocycles. The highest BCUT2D eigenvalue weighted by atomic mass is 16.6. The summed E-state index contributed by atoms with van der Waals surface area (Å²) in [6.45, 7) is 6.86. The molecule has 1 heterocycles. The van der Waals surface area contributed by atoms with Crippen LogP contribution in [0, 0.1) is 0 Å². The zero-order chi connectivity index (χ0) is 12.9. The van der Waals surface area contributed by atoms with Gasteiger partial charge < -0.3 is 10.1 Å². The molecule has 0 aromatic carbocycles. The van der Waals surface area contributed by atoms with Crippen molar-refractivity contribution in [2.75, 3.05) is 13.6 Å². The van der Waals surface area contributed by atoms with Crippen LogP contribution in [0.1, 0.15) is 40.0 Å². The number of esters is 1. The van der Waals surface area contributed by atoms with Gasteiger partial charge in [-0.05, 0) is 33.4 Å². The molecule has 17 heavy (non-hydrogen) atoms. The molecule has 0 bridgehead atoms. The van der Waals surface area contributed by atoms with Crippen LogP contribution in [0.4, 0.5) is 0 Å².